The monoisotopic (exact) mass is 601 g/mol. The first-order valence-corrected chi connectivity index (χ1v) is 15.1. The SMILES string of the molecule is CN(CCc1c[nH]c2ccccc12)C(=O)[C@H](Cc1ccccc1)NC(=O)[C@@H]1CCCN1C(=S)NCc1ccccc1Cl. The number of nitrogens with zero attached hydrogens (tertiary/aromatic N) is 2. The summed E-state index contributed by atoms with van der Waals surface area (Å²) in [5, 5.41) is 8.69. The van der Waals surface area contributed by atoms with Gasteiger partial charge in [0.15, 0.2) is 5.11 Å². The van der Waals surface area contributed by atoms with Gasteiger partial charge in [-0.1, -0.05) is 78.3 Å². The number of nitrogens with one attached hydrogen (secondary N) is 3. The molecular weight excluding hydrogens is 566 g/mol. The number of halogens is 1. The van der Waals surface area contributed by atoms with Gasteiger partial charge in [0.05, 0.1) is 0 Å². The molecule has 9 heteroatoms. The number of rotatable bonds is 10. The Morgan fingerprint density at radius 1 is 1.05 bits per heavy atom. The molecule has 1 aliphatic rings. The predicted molar refractivity (Wildman–Crippen MR) is 172 cm³/mol. The molecule has 0 aliphatic carbocycles. The van der Waals surface area contributed by atoms with Crippen LogP contribution in [0.4, 0.5) is 0 Å². The van der Waals surface area contributed by atoms with Crippen LogP contribution in [0.2, 0.25) is 5.02 Å². The first-order valence-electron chi connectivity index (χ1n) is 14.3. The van der Waals surface area contributed by atoms with Crippen LogP contribution in [0.3, 0.4) is 0 Å². The van der Waals surface area contributed by atoms with E-state index in [1.54, 1.807) is 11.9 Å². The molecule has 2 atom stereocenters. The number of H-pyrrole nitrogens is 1. The number of likely N-dealkylation sites (tertiary alicyclic amines) is 1. The molecule has 218 valence electrons. The number of aromatic amines is 1. The zero-order chi connectivity index (χ0) is 29.5. The van der Waals surface area contributed by atoms with Crippen molar-refractivity contribution in [2.75, 3.05) is 20.1 Å². The number of likely N-dealkylation sites (N-methyl/N-ethyl adjacent to an activating group) is 1. The highest BCUT2D eigenvalue weighted by Crippen LogP contribution is 2.21. The molecule has 0 radical (unpaired) electrons. The van der Waals surface area contributed by atoms with E-state index < -0.39 is 12.1 Å². The maximum atomic E-state index is 13.8. The van der Waals surface area contributed by atoms with Crippen molar-refractivity contribution in [3.05, 3.63) is 107 Å². The maximum Gasteiger partial charge on any atom is 0.245 e. The minimum Gasteiger partial charge on any atom is -0.361 e. The molecule has 5 rings (SSSR count). The second-order valence-electron chi connectivity index (χ2n) is 10.7. The van der Waals surface area contributed by atoms with Gasteiger partial charge in [-0.05, 0) is 60.3 Å². The zero-order valence-corrected chi connectivity index (χ0v) is 25.3. The van der Waals surface area contributed by atoms with Crippen LogP contribution in [0.25, 0.3) is 10.9 Å². The van der Waals surface area contributed by atoms with Crippen LogP contribution in [0.5, 0.6) is 0 Å². The van der Waals surface area contributed by atoms with E-state index >= 15 is 0 Å². The van der Waals surface area contributed by atoms with Gasteiger partial charge in [0.2, 0.25) is 11.8 Å². The predicted octanol–water partition coefficient (Wildman–Crippen LogP) is 5.09. The van der Waals surface area contributed by atoms with Crippen molar-refractivity contribution in [1.29, 1.82) is 0 Å². The Bertz CT molecular complexity index is 1540. The normalized spacial score (nSPS) is 15.4. The number of carbonyl (C=O) groups is 2. The summed E-state index contributed by atoms with van der Waals surface area (Å²) in [5.41, 5.74) is 4.16. The number of amides is 2. The van der Waals surface area contributed by atoms with Gasteiger partial charge in [0.25, 0.3) is 0 Å². The van der Waals surface area contributed by atoms with E-state index in [0.717, 1.165) is 34.0 Å². The van der Waals surface area contributed by atoms with Crippen LogP contribution in [0.15, 0.2) is 85.1 Å². The van der Waals surface area contributed by atoms with E-state index in [4.69, 9.17) is 23.8 Å². The molecule has 3 N–H and O–H groups in total. The average Bonchev–Trinajstić information content (AvgIpc) is 3.67. The van der Waals surface area contributed by atoms with Crippen molar-refractivity contribution in [2.24, 2.45) is 0 Å². The fraction of sp³-hybridized carbons (Fsp3) is 0.303. The van der Waals surface area contributed by atoms with Crippen LogP contribution in [-0.2, 0) is 29.0 Å². The highest BCUT2D eigenvalue weighted by Gasteiger charge is 2.35. The lowest BCUT2D eigenvalue weighted by Gasteiger charge is -2.30. The molecule has 1 saturated heterocycles. The van der Waals surface area contributed by atoms with Crippen LogP contribution in [-0.4, -0.2) is 63.9 Å². The molecule has 4 aromatic rings. The molecule has 0 bridgehead atoms. The summed E-state index contributed by atoms with van der Waals surface area (Å²) in [7, 11) is 1.80. The molecule has 42 heavy (non-hydrogen) atoms. The molecule has 1 aliphatic heterocycles. The Morgan fingerprint density at radius 3 is 2.60 bits per heavy atom. The van der Waals surface area contributed by atoms with Crippen LogP contribution < -0.4 is 10.6 Å². The standard InChI is InChI=1S/C33H36ClN5O2S/c1-38(19-17-24-21-35-28-15-8-6-13-26(24)28)32(41)29(20-23-10-3-2-4-11-23)37-31(40)30-16-9-18-39(30)33(42)36-22-25-12-5-7-14-27(25)34/h2-8,10-15,21,29-30,35H,9,16-20,22H2,1H3,(H,36,42)(H,37,40)/t29-,30-/m0/s1. The fourth-order valence-electron chi connectivity index (χ4n) is 5.52. The van der Waals surface area contributed by atoms with E-state index in [2.05, 4.69) is 21.7 Å². The van der Waals surface area contributed by atoms with E-state index in [-0.39, 0.29) is 11.8 Å². The van der Waals surface area contributed by atoms with Gasteiger partial charge < -0.3 is 25.4 Å². The Balaban J connectivity index is 1.24. The Labute approximate surface area is 257 Å². The van der Waals surface area contributed by atoms with Crippen molar-refractivity contribution in [2.45, 2.75) is 44.3 Å². The highest BCUT2D eigenvalue weighted by molar-refractivity contribution is 7.80. The average molecular weight is 602 g/mol. The lowest BCUT2D eigenvalue weighted by molar-refractivity contribution is -0.136. The third kappa shape index (κ3) is 7.12. The largest absolute Gasteiger partial charge is 0.361 e. The maximum absolute atomic E-state index is 13.8. The molecule has 2 amide bonds. The van der Waals surface area contributed by atoms with Gasteiger partial charge in [-0.25, -0.2) is 0 Å². The summed E-state index contributed by atoms with van der Waals surface area (Å²) in [5.74, 6) is -0.301. The summed E-state index contributed by atoms with van der Waals surface area (Å²) < 4.78 is 0. The molecule has 7 nitrogen and oxygen atoms in total. The van der Waals surface area contributed by atoms with Gasteiger partial charge in [-0.2, -0.15) is 0 Å². The third-order valence-corrected chi connectivity index (χ3v) is 8.62. The summed E-state index contributed by atoms with van der Waals surface area (Å²) in [6, 6.07) is 24.4. The van der Waals surface area contributed by atoms with E-state index in [9.17, 15) is 9.59 Å². The van der Waals surface area contributed by atoms with Gasteiger partial charge in [0.1, 0.15) is 12.1 Å². The van der Waals surface area contributed by atoms with Gasteiger partial charge in [0, 0.05) is 55.2 Å². The topological polar surface area (TPSA) is 80.5 Å². The molecular formula is C33H36ClN5O2S. The molecule has 1 fully saturated rings. The zero-order valence-electron chi connectivity index (χ0n) is 23.7. The van der Waals surface area contributed by atoms with Gasteiger partial charge in [-0.3, -0.25) is 9.59 Å². The van der Waals surface area contributed by atoms with E-state index in [1.165, 1.54) is 0 Å². The molecule has 0 saturated carbocycles. The van der Waals surface area contributed by atoms with Crippen LogP contribution in [0, 0.1) is 0 Å². The lowest BCUT2D eigenvalue weighted by Crippen LogP contribution is -2.55. The molecule has 3 aromatic carbocycles. The van der Waals surface area contributed by atoms with Crippen LogP contribution in [0.1, 0.15) is 29.5 Å². The number of para-hydroxylation sites is 1. The first kappa shape index (κ1) is 29.6. The molecule has 1 aromatic heterocycles. The molecule has 0 spiro atoms. The number of carbonyl (C=O) groups excluding carboxylic acids is 2. The van der Waals surface area contributed by atoms with Gasteiger partial charge in [-0.15, -0.1) is 0 Å². The molecule has 0 unspecified atom stereocenters. The van der Waals surface area contributed by atoms with Crippen molar-refractivity contribution >= 4 is 51.6 Å². The summed E-state index contributed by atoms with van der Waals surface area (Å²) >= 11 is 12.0. The number of fused-ring (bicyclic) bond motifs is 1. The number of hydrogen-bond acceptors (Lipinski definition) is 3. The minimum absolute atomic E-state index is 0.115. The fourth-order valence-corrected chi connectivity index (χ4v) is 6.01. The number of aromatic nitrogens is 1. The van der Waals surface area contributed by atoms with Crippen molar-refractivity contribution in [1.82, 2.24) is 25.4 Å². The minimum atomic E-state index is -0.694. The quantitative estimate of drug-likeness (QED) is 0.221. The van der Waals surface area contributed by atoms with Gasteiger partial charge >= 0.3 is 0 Å². The highest BCUT2D eigenvalue weighted by atomic mass is 35.5. The van der Waals surface area contributed by atoms with Crippen molar-refractivity contribution < 1.29 is 9.59 Å². The summed E-state index contributed by atoms with van der Waals surface area (Å²) in [6.07, 6.45) is 4.63. The lowest BCUT2D eigenvalue weighted by atomic mass is 10.0. The van der Waals surface area contributed by atoms with Crippen molar-refractivity contribution in [3.63, 3.8) is 0 Å². The first-order chi connectivity index (χ1) is 20.4. The Hall–Kier alpha value is -3.88. The number of hydrogen-bond donors (Lipinski definition) is 3. The van der Waals surface area contributed by atoms with E-state index in [0.29, 0.717) is 49.0 Å². The molecule has 2 heterocycles. The Morgan fingerprint density at radius 2 is 1.79 bits per heavy atom. The second kappa shape index (κ2) is 13.9. The number of benzene rings is 3. The Kier molecular flexibility index (Phi) is 9.77. The number of thiocarbonyl (C=S) groups is 1. The summed E-state index contributed by atoms with van der Waals surface area (Å²) in [6.45, 7) is 1.68. The second-order valence-corrected chi connectivity index (χ2v) is 11.5. The van der Waals surface area contributed by atoms with E-state index in [1.807, 2.05) is 83.9 Å². The third-order valence-electron chi connectivity index (χ3n) is 7.87. The summed E-state index contributed by atoms with van der Waals surface area (Å²) in [4.78, 5) is 34.4. The van der Waals surface area contributed by atoms with Crippen molar-refractivity contribution in [3.8, 4) is 0 Å². The van der Waals surface area contributed by atoms with Crippen LogP contribution >= 0.6 is 23.8 Å². The smallest absolute Gasteiger partial charge is 0.245 e.